The second kappa shape index (κ2) is 8.14. The molecule has 5 rings (SSSR count). The molecule has 31 heavy (non-hydrogen) atoms. The minimum Gasteiger partial charge on any atom is -0.366 e. The van der Waals surface area contributed by atoms with Gasteiger partial charge in [0.25, 0.3) is 0 Å². The molecule has 3 heterocycles. The molecule has 1 aliphatic rings. The smallest absolute Gasteiger partial charge is 0.233 e. The first-order valence-corrected chi connectivity index (χ1v) is 10.9. The lowest BCUT2D eigenvalue weighted by atomic mass is 10.2. The minimum atomic E-state index is -0.328. The zero-order valence-electron chi connectivity index (χ0n) is 16.5. The normalized spacial score (nSPS) is 14.5. The maximum Gasteiger partial charge on any atom is 0.233 e. The number of benzene rings is 2. The highest BCUT2D eigenvalue weighted by atomic mass is 32.2. The molecule has 1 saturated heterocycles. The number of anilines is 1. The highest BCUT2D eigenvalue weighted by Crippen LogP contribution is 2.30. The van der Waals surface area contributed by atoms with Gasteiger partial charge in [0.2, 0.25) is 5.91 Å². The Bertz CT molecular complexity index is 1270. The van der Waals surface area contributed by atoms with Crippen LogP contribution in [0.4, 0.5) is 14.5 Å². The van der Waals surface area contributed by atoms with Gasteiger partial charge in [0.05, 0.1) is 17.0 Å². The largest absolute Gasteiger partial charge is 0.366 e. The zero-order valence-corrected chi connectivity index (χ0v) is 17.3. The predicted molar refractivity (Wildman–Crippen MR) is 117 cm³/mol. The number of rotatable bonds is 4. The Balaban J connectivity index is 1.26. The summed E-state index contributed by atoms with van der Waals surface area (Å²) >= 11 is 1.33. The molecule has 4 aromatic rings. The summed E-state index contributed by atoms with van der Waals surface area (Å²) in [4.78, 5) is 28.3. The number of amides is 1. The van der Waals surface area contributed by atoms with E-state index in [2.05, 4.69) is 15.0 Å². The van der Waals surface area contributed by atoms with Crippen molar-refractivity contribution in [2.45, 2.75) is 5.03 Å². The van der Waals surface area contributed by atoms with Crippen molar-refractivity contribution in [1.29, 1.82) is 0 Å². The fourth-order valence-corrected chi connectivity index (χ4v) is 4.73. The topological polar surface area (TPSA) is 65.1 Å². The highest BCUT2D eigenvalue weighted by molar-refractivity contribution is 8.00. The fraction of sp³-hybridized carbons (Fsp3) is 0.227. The zero-order chi connectivity index (χ0) is 21.4. The van der Waals surface area contributed by atoms with Crippen molar-refractivity contribution in [2.75, 3.05) is 36.8 Å². The number of nitrogens with zero attached hydrogens (tertiary/aromatic N) is 4. The number of hydrogen-bond acceptors (Lipinski definition) is 5. The molecule has 2 aromatic carbocycles. The maximum atomic E-state index is 14.0. The molecule has 1 aliphatic heterocycles. The first-order valence-electron chi connectivity index (χ1n) is 9.92. The summed E-state index contributed by atoms with van der Waals surface area (Å²) in [5.74, 6) is -0.336. The Morgan fingerprint density at radius 2 is 1.87 bits per heavy atom. The molecule has 1 N–H and O–H groups in total. The van der Waals surface area contributed by atoms with Crippen molar-refractivity contribution in [3.8, 4) is 0 Å². The van der Waals surface area contributed by atoms with Gasteiger partial charge >= 0.3 is 0 Å². The average molecular weight is 439 g/mol. The van der Waals surface area contributed by atoms with Gasteiger partial charge in [0.1, 0.15) is 28.5 Å². The molecule has 1 fully saturated rings. The van der Waals surface area contributed by atoms with Gasteiger partial charge in [0, 0.05) is 37.1 Å². The van der Waals surface area contributed by atoms with Crippen LogP contribution in [-0.2, 0) is 4.79 Å². The van der Waals surface area contributed by atoms with Gasteiger partial charge in [-0.25, -0.2) is 18.7 Å². The van der Waals surface area contributed by atoms with Crippen LogP contribution in [0.25, 0.3) is 21.9 Å². The summed E-state index contributed by atoms with van der Waals surface area (Å²) in [6.07, 6.45) is 1.43. The van der Waals surface area contributed by atoms with E-state index < -0.39 is 0 Å². The molecule has 1 amide bonds. The number of halogens is 2. The number of nitrogens with one attached hydrogen (secondary N) is 1. The molecule has 158 valence electrons. The van der Waals surface area contributed by atoms with Gasteiger partial charge in [-0.1, -0.05) is 23.9 Å². The van der Waals surface area contributed by atoms with Crippen molar-refractivity contribution in [1.82, 2.24) is 19.9 Å². The molecular formula is C22H19F2N5OS. The summed E-state index contributed by atoms with van der Waals surface area (Å²) in [7, 11) is 0. The SMILES string of the molecule is O=C(CSc1ncnc2c1[nH]c1ccc(F)cc12)N1CCN(c2ccccc2F)CC1. The van der Waals surface area contributed by atoms with Gasteiger partial charge in [0.15, 0.2) is 0 Å². The monoisotopic (exact) mass is 439 g/mol. The standard InChI is InChI=1S/C22H19F2N5OS/c23-14-5-6-17-15(11-14)20-21(27-17)22(26-13-25-20)31-12-19(30)29-9-7-28(8-10-29)18-4-2-1-3-16(18)24/h1-6,11,13,27H,7-10,12H2. The lowest BCUT2D eigenvalue weighted by Crippen LogP contribution is -2.49. The summed E-state index contributed by atoms with van der Waals surface area (Å²) in [6, 6.07) is 11.2. The molecule has 0 unspecified atom stereocenters. The number of aromatic amines is 1. The van der Waals surface area contributed by atoms with Crippen molar-refractivity contribution >= 4 is 45.3 Å². The second-order valence-electron chi connectivity index (χ2n) is 7.33. The Morgan fingerprint density at radius 1 is 1.06 bits per heavy atom. The van der Waals surface area contributed by atoms with Gasteiger partial charge in [-0.3, -0.25) is 4.79 Å². The molecule has 0 bridgehead atoms. The molecular weight excluding hydrogens is 420 g/mol. The van der Waals surface area contributed by atoms with Crippen molar-refractivity contribution in [2.24, 2.45) is 0 Å². The lowest BCUT2D eigenvalue weighted by molar-refractivity contribution is -0.128. The van der Waals surface area contributed by atoms with Crippen LogP contribution in [0, 0.1) is 11.6 Å². The third-order valence-corrected chi connectivity index (χ3v) is 6.44. The van der Waals surface area contributed by atoms with E-state index in [4.69, 9.17) is 0 Å². The lowest BCUT2D eigenvalue weighted by Gasteiger charge is -2.36. The number of aromatic nitrogens is 3. The van der Waals surface area contributed by atoms with Crippen LogP contribution in [-0.4, -0.2) is 57.7 Å². The van der Waals surface area contributed by atoms with Gasteiger partial charge in [-0.15, -0.1) is 0 Å². The van der Waals surface area contributed by atoms with Crippen molar-refractivity contribution in [3.63, 3.8) is 0 Å². The molecule has 0 spiro atoms. The van der Waals surface area contributed by atoms with E-state index >= 15 is 0 Å². The maximum absolute atomic E-state index is 14.0. The summed E-state index contributed by atoms with van der Waals surface area (Å²) in [6.45, 7) is 2.25. The van der Waals surface area contributed by atoms with Gasteiger partial charge in [-0.2, -0.15) is 0 Å². The molecule has 9 heteroatoms. The number of carbonyl (C=O) groups excluding carboxylic acids is 1. The number of hydrogen-bond donors (Lipinski definition) is 1. The number of piperazine rings is 1. The van der Waals surface area contributed by atoms with E-state index in [-0.39, 0.29) is 23.3 Å². The summed E-state index contributed by atoms with van der Waals surface area (Å²) in [5, 5.41) is 1.34. The van der Waals surface area contributed by atoms with Crippen LogP contribution in [0.15, 0.2) is 53.8 Å². The van der Waals surface area contributed by atoms with E-state index in [0.29, 0.717) is 53.3 Å². The van der Waals surface area contributed by atoms with Crippen LogP contribution < -0.4 is 4.90 Å². The van der Waals surface area contributed by atoms with Crippen molar-refractivity contribution in [3.05, 3.63) is 60.4 Å². The summed E-state index contributed by atoms with van der Waals surface area (Å²) in [5.41, 5.74) is 2.68. The predicted octanol–water partition coefficient (Wildman–Crippen LogP) is 3.83. The second-order valence-corrected chi connectivity index (χ2v) is 8.29. The van der Waals surface area contributed by atoms with E-state index in [0.717, 1.165) is 5.52 Å². The fourth-order valence-electron chi connectivity index (χ4n) is 3.88. The first kappa shape index (κ1) is 19.7. The van der Waals surface area contributed by atoms with Crippen LogP contribution in [0.3, 0.4) is 0 Å². The van der Waals surface area contributed by atoms with Gasteiger partial charge in [-0.05, 0) is 30.3 Å². The Morgan fingerprint density at radius 3 is 2.68 bits per heavy atom. The van der Waals surface area contributed by atoms with E-state index in [1.54, 1.807) is 23.1 Å². The van der Waals surface area contributed by atoms with E-state index in [9.17, 15) is 13.6 Å². The number of fused-ring (bicyclic) bond motifs is 3. The highest BCUT2D eigenvalue weighted by Gasteiger charge is 2.23. The van der Waals surface area contributed by atoms with Crippen molar-refractivity contribution < 1.29 is 13.6 Å². The van der Waals surface area contributed by atoms with Crippen LogP contribution in [0.1, 0.15) is 0 Å². The third-order valence-electron chi connectivity index (χ3n) is 5.47. The van der Waals surface area contributed by atoms with Crippen LogP contribution >= 0.6 is 11.8 Å². The number of para-hydroxylation sites is 1. The molecule has 0 saturated carbocycles. The Hall–Kier alpha value is -3.20. The third kappa shape index (κ3) is 3.81. The van der Waals surface area contributed by atoms with E-state index in [1.807, 2.05) is 11.0 Å². The Kier molecular flexibility index (Phi) is 5.19. The molecule has 0 aliphatic carbocycles. The summed E-state index contributed by atoms with van der Waals surface area (Å²) < 4.78 is 27.6. The van der Waals surface area contributed by atoms with Gasteiger partial charge < -0.3 is 14.8 Å². The molecule has 6 nitrogen and oxygen atoms in total. The number of H-pyrrole nitrogens is 1. The number of thioether (sulfide) groups is 1. The first-order chi connectivity index (χ1) is 15.1. The Labute approximate surface area is 181 Å². The molecule has 0 radical (unpaired) electrons. The minimum absolute atomic E-state index is 0.00658. The molecule has 2 aromatic heterocycles. The number of carbonyl (C=O) groups is 1. The molecule has 0 atom stereocenters. The van der Waals surface area contributed by atoms with Crippen LogP contribution in [0.5, 0.6) is 0 Å². The van der Waals surface area contributed by atoms with E-state index in [1.165, 1.54) is 36.3 Å². The van der Waals surface area contributed by atoms with Crippen LogP contribution in [0.2, 0.25) is 0 Å². The quantitative estimate of drug-likeness (QED) is 0.387. The average Bonchev–Trinajstić information content (AvgIpc) is 3.16.